The molecule has 5 heteroatoms. The molecule has 3 rings (SSSR count). The van der Waals surface area contributed by atoms with Crippen LogP contribution in [0.5, 0.6) is 5.75 Å². The number of amides is 1. The van der Waals surface area contributed by atoms with Gasteiger partial charge in [-0.05, 0) is 37.1 Å². The van der Waals surface area contributed by atoms with E-state index in [1.54, 1.807) is 24.3 Å². The molecule has 1 aliphatic heterocycles. The summed E-state index contributed by atoms with van der Waals surface area (Å²) in [5.74, 6) is 1.07. The third-order valence-corrected chi connectivity index (χ3v) is 4.05. The number of fused-ring (bicyclic) bond motifs is 1. The zero-order valence-corrected chi connectivity index (χ0v) is 11.2. The van der Waals surface area contributed by atoms with E-state index < -0.39 is 0 Å². The molecule has 1 saturated carbocycles. The first-order valence-electron chi connectivity index (χ1n) is 6.52. The van der Waals surface area contributed by atoms with Crippen LogP contribution in [-0.2, 0) is 9.53 Å². The first-order chi connectivity index (χ1) is 9.22. The summed E-state index contributed by atoms with van der Waals surface area (Å²) in [4.78, 5) is 11.8. The molecule has 0 bridgehead atoms. The molecule has 102 valence electrons. The van der Waals surface area contributed by atoms with Crippen molar-refractivity contribution in [2.45, 2.75) is 25.0 Å². The highest BCUT2D eigenvalue weighted by Gasteiger charge is 2.45. The minimum absolute atomic E-state index is 0.0381. The largest absolute Gasteiger partial charge is 0.484 e. The quantitative estimate of drug-likeness (QED) is 0.918. The summed E-state index contributed by atoms with van der Waals surface area (Å²) in [6, 6.07) is 7.23. The SMILES string of the molecule is O=C(COc1ccc(Cl)cc1)N[C@H]1C[C@@H]2OCC[C@H]12. The zero-order valence-electron chi connectivity index (χ0n) is 10.5. The van der Waals surface area contributed by atoms with Crippen LogP contribution in [0.1, 0.15) is 12.8 Å². The van der Waals surface area contributed by atoms with E-state index >= 15 is 0 Å². The molecule has 0 unspecified atom stereocenters. The van der Waals surface area contributed by atoms with Crippen LogP contribution >= 0.6 is 11.6 Å². The van der Waals surface area contributed by atoms with Crippen molar-refractivity contribution in [1.82, 2.24) is 5.32 Å². The molecule has 3 atom stereocenters. The zero-order chi connectivity index (χ0) is 13.2. The van der Waals surface area contributed by atoms with Crippen LogP contribution in [0.15, 0.2) is 24.3 Å². The van der Waals surface area contributed by atoms with E-state index in [0.29, 0.717) is 22.8 Å². The molecular weight excluding hydrogens is 266 g/mol. The summed E-state index contributed by atoms with van der Waals surface area (Å²) in [6.07, 6.45) is 2.34. The Kier molecular flexibility index (Phi) is 3.62. The van der Waals surface area contributed by atoms with Crippen LogP contribution in [0.3, 0.4) is 0 Å². The second-order valence-electron chi connectivity index (χ2n) is 5.01. The van der Waals surface area contributed by atoms with Crippen molar-refractivity contribution >= 4 is 17.5 Å². The van der Waals surface area contributed by atoms with Gasteiger partial charge < -0.3 is 14.8 Å². The molecule has 0 aromatic heterocycles. The first kappa shape index (κ1) is 12.8. The minimum atomic E-state index is -0.0784. The Hall–Kier alpha value is -1.26. The topological polar surface area (TPSA) is 47.6 Å². The van der Waals surface area contributed by atoms with Crippen molar-refractivity contribution < 1.29 is 14.3 Å². The maximum absolute atomic E-state index is 11.8. The van der Waals surface area contributed by atoms with Gasteiger partial charge in [-0.3, -0.25) is 4.79 Å². The lowest BCUT2D eigenvalue weighted by Gasteiger charge is -2.39. The molecule has 1 aromatic carbocycles. The van der Waals surface area contributed by atoms with Gasteiger partial charge in [-0.1, -0.05) is 11.6 Å². The van der Waals surface area contributed by atoms with Crippen LogP contribution in [0, 0.1) is 5.92 Å². The van der Waals surface area contributed by atoms with E-state index in [2.05, 4.69) is 5.32 Å². The molecule has 1 aromatic rings. The van der Waals surface area contributed by atoms with Gasteiger partial charge in [-0.15, -0.1) is 0 Å². The number of benzene rings is 1. The minimum Gasteiger partial charge on any atom is -0.484 e. The number of hydrogen-bond acceptors (Lipinski definition) is 3. The Labute approximate surface area is 117 Å². The molecule has 2 fully saturated rings. The molecule has 4 nitrogen and oxygen atoms in total. The Morgan fingerprint density at radius 2 is 2.21 bits per heavy atom. The molecule has 1 amide bonds. The number of nitrogens with one attached hydrogen (secondary N) is 1. The monoisotopic (exact) mass is 281 g/mol. The fraction of sp³-hybridized carbons (Fsp3) is 0.500. The lowest BCUT2D eigenvalue weighted by atomic mass is 9.76. The lowest BCUT2D eigenvalue weighted by molar-refractivity contribution is -0.126. The highest BCUT2D eigenvalue weighted by molar-refractivity contribution is 6.30. The summed E-state index contributed by atoms with van der Waals surface area (Å²) in [5.41, 5.74) is 0. The van der Waals surface area contributed by atoms with E-state index in [9.17, 15) is 4.79 Å². The number of halogens is 1. The molecule has 0 spiro atoms. The maximum atomic E-state index is 11.8. The lowest BCUT2D eigenvalue weighted by Crippen LogP contribution is -2.54. The number of hydrogen-bond donors (Lipinski definition) is 1. The van der Waals surface area contributed by atoms with Gasteiger partial charge in [0.1, 0.15) is 5.75 Å². The van der Waals surface area contributed by atoms with Gasteiger partial charge in [0.2, 0.25) is 0 Å². The van der Waals surface area contributed by atoms with Crippen molar-refractivity contribution in [1.29, 1.82) is 0 Å². The van der Waals surface area contributed by atoms with Gasteiger partial charge in [0, 0.05) is 23.6 Å². The molecule has 1 heterocycles. The van der Waals surface area contributed by atoms with E-state index in [-0.39, 0.29) is 18.6 Å². The average molecular weight is 282 g/mol. The highest BCUT2D eigenvalue weighted by atomic mass is 35.5. The van der Waals surface area contributed by atoms with Gasteiger partial charge in [-0.25, -0.2) is 0 Å². The van der Waals surface area contributed by atoms with E-state index in [4.69, 9.17) is 21.1 Å². The Morgan fingerprint density at radius 3 is 2.95 bits per heavy atom. The second-order valence-corrected chi connectivity index (χ2v) is 5.45. The number of carbonyl (C=O) groups is 1. The summed E-state index contributed by atoms with van der Waals surface area (Å²) in [5, 5.41) is 3.65. The second kappa shape index (κ2) is 5.39. The molecule has 2 aliphatic rings. The normalized spacial score (nSPS) is 28.4. The predicted molar refractivity (Wildman–Crippen MR) is 71.3 cm³/mol. The van der Waals surface area contributed by atoms with Crippen molar-refractivity contribution in [2.75, 3.05) is 13.2 Å². The van der Waals surface area contributed by atoms with Crippen molar-refractivity contribution in [3.63, 3.8) is 0 Å². The van der Waals surface area contributed by atoms with Crippen molar-refractivity contribution in [3.05, 3.63) is 29.3 Å². The van der Waals surface area contributed by atoms with Gasteiger partial charge in [-0.2, -0.15) is 0 Å². The Morgan fingerprint density at radius 1 is 1.42 bits per heavy atom. The van der Waals surface area contributed by atoms with Gasteiger partial charge in [0.05, 0.1) is 6.10 Å². The van der Waals surface area contributed by atoms with E-state index in [1.165, 1.54) is 0 Å². The maximum Gasteiger partial charge on any atom is 0.258 e. The van der Waals surface area contributed by atoms with Gasteiger partial charge >= 0.3 is 0 Å². The summed E-state index contributed by atoms with van der Waals surface area (Å²) < 4.78 is 10.9. The van der Waals surface area contributed by atoms with Gasteiger partial charge in [0.25, 0.3) is 5.91 Å². The summed E-state index contributed by atoms with van der Waals surface area (Å²) in [7, 11) is 0. The smallest absolute Gasteiger partial charge is 0.258 e. The molecule has 19 heavy (non-hydrogen) atoms. The summed E-state index contributed by atoms with van der Waals surface area (Å²) >= 11 is 5.77. The van der Waals surface area contributed by atoms with Crippen molar-refractivity contribution in [3.8, 4) is 5.75 Å². The van der Waals surface area contributed by atoms with Gasteiger partial charge in [0.15, 0.2) is 6.61 Å². The molecule has 1 saturated heterocycles. The number of rotatable bonds is 4. The molecule has 1 N–H and O–H groups in total. The predicted octanol–water partition coefficient (Wildman–Crippen LogP) is 2.01. The van der Waals surface area contributed by atoms with Crippen LogP contribution in [0.2, 0.25) is 5.02 Å². The highest BCUT2D eigenvalue weighted by Crippen LogP contribution is 2.38. The van der Waals surface area contributed by atoms with E-state index in [0.717, 1.165) is 19.4 Å². The first-order valence-corrected chi connectivity index (χ1v) is 6.89. The van der Waals surface area contributed by atoms with E-state index in [1.807, 2.05) is 0 Å². The van der Waals surface area contributed by atoms with Crippen LogP contribution in [-0.4, -0.2) is 31.3 Å². The standard InChI is InChI=1S/C14H16ClNO3/c15-9-1-3-10(4-2-9)19-8-14(17)16-12-7-13-11(12)5-6-18-13/h1-4,11-13H,5-8H2,(H,16,17)/t11-,12+,13+/m1/s1. The summed E-state index contributed by atoms with van der Waals surface area (Å²) in [6.45, 7) is 0.860. The fourth-order valence-electron chi connectivity index (χ4n) is 2.69. The average Bonchev–Trinajstić information content (AvgIpc) is 2.77. The molecular formula is C14H16ClNO3. The van der Waals surface area contributed by atoms with Crippen LogP contribution in [0.4, 0.5) is 0 Å². The Balaban J connectivity index is 1.43. The molecule has 1 aliphatic carbocycles. The number of carbonyl (C=O) groups excluding carboxylic acids is 1. The number of ether oxygens (including phenoxy) is 2. The fourth-order valence-corrected chi connectivity index (χ4v) is 2.82. The van der Waals surface area contributed by atoms with Crippen molar-refractivity contribution in [2.24, 2.45) is 5.92 Å². The third kappa shape index (κ3) is 2.85. The third-order valence-electron chi connectivity index (χ3n) is 3.79. The van der Waals surface area contributed by atoms with Crippen LogP contribution in [0.25, 0.3) is 0 Å². The Bertz CT molecular complexity index is 462. The van der Waals surface area contributed by atoms with Crippen LogP contribution < -0.4 is 10.1 Å². The molecule has 0 radical (unpaired) electrons.